The Bertz CT molecular complexity index is 332. The second-order valence-corrected chi connectivity index (χ2v) is 3.27. The minimum atomic E-state index is -0.427. The van der Waals surface area contributed by atoms with Gasteiger partial charge in [0.15, 0.2) is 0 Å². The number of hydrogen-bond acceptors (Lipinski definition) is 4. The molecule has 6 heteroatoms. The molecule has 6 nitrogen and oxygen atoms in total. The lowest BCUT2D eigenvalue weighted by molar-refractivity contribution is -0.384. The zero-order valence-electron chi connectivity index (χ0n) is 8.52. The SMILES string of the molecule is CCn1cc([N+](=O)[O-])c(NC(C)C)n1. The van der Waals surface area contributed by atoms with E-state index in [1.807, 2.05) is 20.8 Å². The third-order valence-electron chi connectivity index (χ3n) is 1.69. The molecule has 0 spiro atoms. The van der Waals surface area contributed by atoms with Gasteiger partial charge in [0.05, 0.1) is 4.92 Å². The van der Waals surface area contributed by atoms with Gasteiger partial charge in [-0.3, -0.25) is 14.8 Å². The van der Waals surface area contributed by atoms with E-state index in [0.29, 0.717) is 12.4 Å². The van der Waals surface area contributed by atoms with Crippen molar-refractivity contribution >= 4 is 11.5 Å². The maximum atomic E-state index is 10.6. The van der Waals surface area contributed by atoms with Gasteiger partial charge in [-0.05, 0) is 20.8 Å². The van der Waals surface area contributed by atoms with Crippen molar-refractivity contribution in [3.05, 3.63) is 16.3 Å². The Morgan fingerprint density at radius 2 is 2.36 bits per heavy atom. The van der Waals surface area contributed by atoms with E-state index in [4.69, 9.17) is 0 Å². The Balaban J connectivity index is 2.99. The standard InChI is InChI=1S/C8H14N4O2/c1-4-11-5-7(12(13)14)8(10-11)9-6(2)3/h5-6H,4H2,1-3H3,(H,9,10). The second-order valence-electron chi connectivity index (χ2n) is 3.27. The summed E-state index contributed by atoms with van der Waals surface area (Å²) in [4.78, 5) is 10.2. The van der Waals surface area contributed by atoms with Crippen LogP contribution in [0.3, 0.4) is 0 Å². The van der Waals surface area contributed by atoms with Crippen molar-refractivity contribution in [1.29, 1.82) is 0 Å². The van der Waals surface area contributed by atoms with Gasteiger partial charge in [-0.2, -0.15) is 0 Å². The summed E-state index contributed by atoms with van der Waals surface area (Å²) in [5.74, 6) is 0.340. The first-order valence-electron chi connectivity index (χ1n) is 4.53. The topological polar surface area (TPSA) is 73.0 Å². The van der Waals surface area contributed by atoms with Gasteiger partial charge in [-0.15, -0.1) is 5.10 Å². The summed E-state index contributed by atoms with van der Waals surface area (Å²) in [6.07, 6.45) is 1.44. The molecule has 0 aliphatic rings. The molecule has 1 aromatic heterocycles. The molecule has 0 unspecified atom stereocenters. The molecule has 78 valence electrons. The average molecular weight is 198 g/mol. The number of rotatable bonds is 4. The van der Waals surface area contributed by atoms with Crippen molar-refractivity contribution in [3.63, 3.8) is 0 Å². The molecule has 0 amide bonds. The van der Waals surface area contributed by atoms with E-state index in [1.165, 1.54) is 6.20 Å². The fourth-order valence-electron chi connectivity index (χ4n) is 1.08. The number of nitrogens with zero attached hydrogens (tertiary/aromatic N) is 3. The Kier molecular flexibility index (Phi) is 3.06. The Morgan fingerprint density at radius 3 is 2.79 bits per heavy atom. The quantitative estimate of drug-likeness (QED) is 0.589. The molecular formula is C8H14N4O2. The van der Waals surface area contributed by atoms with Crippen molar-refractivity contribution in [1.82, 2.24) is 9.78 Å². The van der Waals surface area contributed by atoms with E-state index < -0.39 is 4.92 Å². The average Bonchev–Trinajstić information content (AvgIpc) is 2.46. The predicted octanol–water partition coefficient (Wildman–Crippen LogP) is 1.63. The van der Waals surface area contributed by atoms with Crippen molar-refractivity contribution in [2.45, 2.75) is 33.4 Å². The van der Waals surface area contributed by atoms with Gasteiger partial charge < -0.3 is 5.32 Å². The van der Waals surface area contributed by atoms with Crippen LogP contribution in [0.15, 0.2) is 6.20 Å². The summed E-state index contributed by atoms with van der Waals surface area (Å²) in [5.41, 5.74) is 0.0283. The summed E-state index contributed by atoms with van der Waals surface area (Å²) in [6.45, 7) is 6.33. The third kappa shape index (κ3) is 2.21. The van der Waals surface area contributed by atoms with Crippen molar-refractivity contribution < 1.29 is 4.92 Å². The van der Waals surface area contributed by atoms with Gasteiger partial charge in [-0.1, -0.05) is 0 Å². The van der Waals surface area contributed by atoms with E-state index in [0.717, 1.165) is 0 Å². The molecule has 1 N–H and O–H groups in total. The van der Waals surface area contributed by atoms with Crippen LogP contribution in [0, 0.1) is 10.1 Å². The van der Waals surface area contributed by atoms with Crippen LogP contribution in [-0.2, 0) is 6.54 Å². The number of anilines is 1. The fourth-order valence-corrected chi connectivity index (χ4v) is 1.08. The van der Waals surface area contributed by atoms with E-state index in [9.17, 15) is 10.1 Å². The highest BCUT2D eigenvalue weighted by Gasteiger charge is 2.19. The van der Waals surface area contributed by atoms with Gasteiger partial charge in [0.2, 0.25) is 5.82 Å². The Labute approximate surface area is 82.1 Å². The highest BCUT2D eigenvalue weighted by Crippen LogP contribution is 2.22. The largest absolute Gasteiger partial charge is 0.361 e. The molecule has 1 rings (SSSR count). The van der Waals surface area contributed by atoms with E-state index in [1.54, 1.807) is 4.68 Å². The van der Waals surface area contributed by atoms with Crippen LogP contribution >= 0.6 is 0 Å². The first-order chi connectivity index (χ1) is 6.54. The van der Waals surface area contributed by atoms with Gasteiger partial charge in [0.1, 0.15) is 6.20 Å². The summed E-state index contributed by atoms with van der Waals surface area (Å²) in [7, 11) is 0. The molecule has 0 fully saturated rings. The zero-order valence-corrected chi connectivity index (χ0v) is 8.52. The van der Waals surface area contributed by atoms with Crippen molar-refractivity contribution in [3.8, 4) is 0 Å². The lowest BCUT2D eigenvalue weighted by atomic mass is 10.4. The molecule has 0 saturated carbocycles. The van der Waals surface area contributed by atoms with Crippen LogP contribution in [-0.4, -0.2) is 20.7 Å². The van der Waals surface area contributed by atoms with Crippen LogP contribution in [0.2, 0.25) is 0 Å². The van der Waals surface area contributed by atoms with Crippen LogP contribution in [0.4, 0.5) is 11.5 Å². The van der Waals surface area contributed by atoms with Gasteiger partial charge in [0.25, 0.3) is 0 Å². The zero-order chi connectivity index (χ0) is 10.7. The maximum Gasteiger partial charge on any atom is 0.330 e. The summed E-state index contributed by atoms with van der Waals surface area (Å²) < 4.78 is 1.54. The second kappa shape index (κ2) is 4.08. The van der Waals surface area contributed by atoms with E-state index in [2.05, 4.69) is 10.4 Å². The molecule has 1 heterocycles. The van der Waals surface area contributed by atoms with Crippen molar-refractivity contribution in [2.24, 2.45) is 0 Å². The molecule has 0 atom stereocenters. The highest BCUT2D eigenvalue weighted by molar-refractivity contribution is 5.54. The van der Waals surface area contributed by atoms with Crippen LogP contribution in [0.1, 0.15) is 20.8 Å². The van der Waals surface area contributed by atoms with Gasteiger partial charge in [0, 0.05) is 12.6 Å². The lowest BCUT2D eigenvalue weighted by Crippen LogP contribution is -2.11. The van der Waals surface area contributed by atoms with Gasteiger partial charge in [-0.25, -0.2) is 0 Å². The number of nitro groups is 1. The molecule has 0 radical (unpaired) electrons. The maximum absolute atomic E-state index is 10.6. The monoisotopic (exact) mass is 198 g/mol. The van der Waals surface area contributed by atoms with Crippen LogP contribution in [0.5, 0.6) is 0 Å². The minimum Gasteiger partial charge on any atom is -0.361 e. The predicted molar refractivity (Wildman–Crippen MR) is 53.3 cm³/mol. The molecule has 0 saturated heterocycles. The molecule has 0 bridgehead atoms. The van der Waals surface area contributed by atoms with Crippen molar-refractivity contribution in [2.75, 3.05) is 5.32 Å². The number of nitrogens with one attached hydrogen (secondary N) is 1. The number of aromatic nitrogens is 2. The van der Waals surface area contributed by atoms with E-state index >= 15 is 0 Å². The smallest absolute Gasteiger partial charge is 0.330 e. The molecule has 0 aromatic carbocycles. The Hall–Kier alpha value is -1.59. The number of aryl methyl sites for hydroxylation is 1. The van der Waals surface area contributed by atoms with Gasteiger partial charge >= 0.3 is 5.69 Å². The lowest BCUT2D eigenvalue weighted by Gasteiger charge is -2.04. The molecular weight excluding hydrogens is 184 g/mol. The van der Waals surface area contributed by atoms with Crippen LogP contribution in [0.25, 0.3) is 0 Å². The Morgan fingerprint density at radius 1 is 1.71 bits per heavy atom. The summed E-state index contributed by atoms with van der Waals surface area (Å²) in [5, 5.41) is 17.6. The summed E-state index contributed by atoms with van der Waals surface area (Å²) >= 11 is 0. The first kappa shape index (κ1) is 10.5. The minimum absolute atomic E-state index is 0.0283. The molecule has 0 aliphatic carbocycles. The molecule has 0 aliphatic heterocycles. The van der Waals surface area contributed by atoms with Crippen LogP contribution < -0.4 is 5.32 Å². The van der Waals surface area contributed by atoms with E-state index in [-0.39, 0.29) is 11.7 Å². The molecule has 1 aromatic rings. The number of hydrogen-bond donors (Lipinski definition) is 1. The summed E-state index contributed by atoms with van der Waals surface area (Å²) in [6, 6.07) is 0.133. The third-order valence-corrected chi connectivity index (χ3v) is 1.69. The fraction of sp³-hybridized carbons (Fsp3) is 0.625. The first-order valence-corrected chi connectivity index (χ1v) is 4.53. The molecule has 14 heavy (non-hydrogen) atoms. The normalized spacial score (nSPS) is 10.6. The highest BCUT2D eigenvalue weighted by atomic mass is 16.6.